The van der Waals surface area contributed by atoms with Gasteiger partial charge in [0.2, 0.25) is 0 Å². The van der Waals surface area contributed by atoms with Crippen LogP contribution in [0.4, 0.5) is 0 Å². The minimum absolute atomic E-state index is 0.0565. The molecular formula is C21H42O2. The number of esters is 1. The minimum atomic E-state index is -0.382. The van der Waals surface area contributed by atoms with Gasteiger partial charge in [0, 0.05) is 0 Å². The lowest BCUT2D eigenvalue weighted by atomic mass is 9.94. The van der Waals surface area contributed by atoms with Gasteiger partial charge in [0.05, 0.1) is 12.0 Å². The summed E-state index contributed by atoms with van der Waals surface area (Å²) in [6.07, 6.45) is 15.7. The van der Waals surface area contributed by atoms with Crippen molar-refractivity contribution in [1.29, 1.82) is 0 Å². The zero-order chi connectivity index (χ0) is 17.6. The summed E-state index contributed by atoms with van der Waals surface area (Å²) in [7, 11) is 0. The maximum atomic E-state index is 12.0. The number of ether oxygens (including phenoxy) is 1. The van der Waals surface area contributed by atoms with Crippen molar-refractivity contribution in [3.63, 3.8) is 0 Å². The van der Waals surface area contributed by atoms with E-state index in [1.54, 1.807) is 0 Å². The molecule has 138 valence electrons. The van der Waals surface area contributed by atoms with Gasteiger partial charge < -0.3 is 4.74 Å². The molecule has 0 spiro atoms. The Balaban J connectivity index is 4.04. The first kappa shape index (κ1) is 22.5. The van der Waals surface area contributed by atoms with E-state index >= 15 is 0 Å². The van der Waals surface area contributed by atoms with Gasteiger partial charge >= 0.3 is 5.97 Å². The summed E-state index contributed by atoms with van der Waals surface area (Å²) in [5.41, 5.74) is -0.382. The summed E-state index contributed by atoms with van der Waals surface area (Å²) >= 11 is 0. The molecule has 0 rings (SSSR count). The molecule has 0 aliphatic heterocycles. The second kappa shape index (κ2) is 13.9. The third kappa shape index (κ3) is 13.6. The molecule has 0 N–H and O–H groups in total. The molecule has 2 nitrogen and oxygen atoms in total. The quantitative estimate of drug-likeness (QED) is 0.256. The van der Waals surface area contributed by atoms with E-state index in [2.05, 4.69) is 13.8 Å². The van der Waals surface area contributed by atoms with E-state index in [0.29, 0.717) is 12.5 Å². The molecule has 0 aromatic heterocycles. The first-order chi connectivity index (χ1) is 10.9. The van der Waals surface area contributed by atoms with Crippen molar-refractivity contribution < 1.29 is 9.53 Å². The second-order valence-electron chi connectivity index (χ2n) is 8.12. The molecule has 0 fully saturated rings. The van der Waals surface area contributed by atoms with Gasteiger partial charge in [0.15, 0.2) is 0 Å². The number of hydrogen-bond acceptors (Lipinski definition) is 2. The van der Waals surface area contributed by atoms with E-state index in [9.17, 15) is 4.79 Å². The van der Waals surface area contributed by atoms with Crippen molar-refractivity contribution in [2.75, 3.05) is 6.61 Å². The molecule has 0 radical (unpaired) electrons. The fourth-order valence-corrected chi connectivity index (χ4v) is 2.79. The van der Waals surface area contributed by atoms with Crippen LogP contribution in [0.5, 0.6) is 0 Å². The molecule has 0 saturated heterocycles. The molecule has 0 heterocycles. The molecule has 2 heteroatoms. The average Bonchev–Trinajstić information content (AvgIpc) is 2.50. The predicted octanol–water partition coefficient (Wildman–Crippen LogP) is 6.91. The number of carbonyl (C=O) groups excluding carboxylic acids is 1. The lowest BCUT2D eigenvalue weighted by molar-refractivity contribution is -0.154. The van der Waals surface area contributed by atoms with E-state index in [-0.39, 0.29) is 11.4 Å². The van der Waals surface area contributed by atoms with Crippen LogP contribution in [0.2, 0.25) is 0 Å². The first-order valence-corrected chi connectivity index (χ1v) is 10.1. The summed E-state index contributed by atoms with van der Waals surface area (Å²) in [6, 6.07) is 0. The van der Waals surface area contributed by atoms with E-state index in [1.165, 1.54) is 77.0 Å². The molecule has 0 aliphatic rings. The molecule has 0 amide bonds. The summed E-state index contributed by atoms with van der Waals surface area (Å²) < 4.78 is 5.58. The summed E-state index contributed by atoms with van der Waals surface area (Å²) in [5.74, 6) is 0.503. The Hall–Kier alpha value is -0.530. The number of unbranched alkanes of at least 4 members (excludes halogenated alkanes) is 8. The molecule has 0 saturated carbocycles. The van der Waals surface area contributed by atoms with Crippen molar-refractivity contribution in [3.8, 4) is 0 Å². The summed E-state index contributed by atoms with van der Waals surface area (Å²) in [6.45, 7) is 10.9. The van der Waals surface area contributed by atoms with Crippen molar-refractivity contribution in [1.82, 2.24) is 0 Å². The normalized spacial score (nSPS) is 13.1. The highest BCUT2D eigenvalue weighted by Crippen LogP contribution is 2.21. The van der Waals surface area contributed by atoms with Crippen LogP contribution in [0, 0.1) is 11.3 Å². The maximum Gasteiger partial charge on any atom is 0.311 e. The molecule has 1 unspecified atom stereocenters. The van der Waals surface area contributed by atoms with Crippen LogP contribution in [-0.2, 0) is 9.53 Å². The Bertz CT molecular complexity index is 278. The Kier molecular flexibility index (Phi) is 13.5. The SMILES string of the molecule is CCCCCCCCC(CCCCCC)COC(=O)C(C)(C)C. The molecular weight excluding hydrogens is 284 g/mol. The van der Waals surface area contributed by atoms with Gasteiger partial charge in [-0.1, -0.05) is 78.1 Å². The highest BCUT2D eigenvalue weighted by Gasteiger charge is 2.24. The van der Waals surface area contributed by atoms with Gasteiger partial charge in [-0.05, 0) is 39.5 Å². The molecule has 23 heavy (non-hydrogen) atoms. The average molecular weight is 327 g/mol. The van der Waals surface area contributed by atoms with Crippen LogP contribution in [0.25, 0.3) is 0 Å². The van der Waals surface area contributed by atoms with Crippen LogP contribution in [0.3, 0.4) is 0 Å². The zero-order valence-electron chi connectivity index (χ0n) is 16.6. The maximum absolute atomic E-state index is 12.0. The summed E-state index contributed by atoms with van der Waals surface area (Å²) in [4.78, 5) is 12.0. The predicted molar refractivity (Wildman–Crippen MR) is 101 cm³/mol. The lowest BCUT2D eigenvalue weighted by Gasteiger charge is -2.21. The monoisotopic (exact) mass is 326 g/mol. The standard InChI is InChI=1S/C21H42O2/c1-6-8-10-12-13-15-17-19(16-14-11-9-7-2)18-23-20(22)21(3,4)5/h19H,6-18H2,1-5H3. The van der Waals surface area contributed by atoms with Gasteiger partial charge in [0.25, 0.3) is 0 Å². The van der Waals surface area contributed by atoms with Gasteiger partial charge in [-0.3, -0.25) is 4.79 Å². The Labute approximate surface area is 145 Å². The third-order valence-corrected chi connectivity index (χ3v) is 4.49. The molecule has 0 aliphatic carbocycles. The van der Waals surface area contributed by atoms with Crippen LogP contribution in [-0.4, -0.2) is 12.6 Å². The minimum Gasteiger partial charge on any atom is -0.465 e. The van der Waals surface area contributed by atoms with Gasteiger partial charge in [-0.15, -0.1) is 0 Å². The zero-order valence-corrected chi connectivity index (χ0v) is 16.6. The highest BCUT2D eigenvalue weighted by atomic mass is 16.5. The molecule has 1 atom stereocenters. The fourth-order valence-electron chi connectivity index (χ4n) is 2.79. The fraction of sp³-hybridized carbons (Fsp3) is 0.952. The van der Waals surface area contributed by atoms with Crippen LogP contribution in [0.15, 0.2) is 0 Å². The van der Waals surface area contributed by atoms with Crippen LogP contribution >= 0.6 is 0 Å². The Morgan fingerprint density at radius 2 is 1.22 bits per heavy atom. The lowest BCUT2D eigenvalue weighted by Crippen LogP contribution is -2.25. The molecule has 0 aromatic carbocycles. The van der Waals surface area contributed by atoms with Crippen molar-refractivity contribution in [3.05, 3.63) is 0 Å². The van der Waals surface area contributed by atoms with Gasteiger partial charge in [0.1, 0.15) is 0 Å². The van der Waals surface area contributed by atoms with Gasteiger partial charge in [-0.25, -0.2) is 0 Å². The van der Waals surface area contributed by atoms with E-state index < -0.39 is 0 Å². The van der Waals surface area contributed by atoms with Crippen LogP contribution in [0.1, 0.15) is 112 Å². The Morgan fingerprint density at radius 1 is 0.783 bits per heavy atom. The third-order valence-electron chi connectivity index (χ3n) is 4.49. The Morgan fingerprint density at radius 3 is 1.70 bits per heavy atom. The molecule has 0 aromatic rings. The number of rotatable bonds is 14. The van der Waals surface area contributed by atoms with E-state index in [1.807, 2.05) is 20.8 Å². The van der Waals surface area contributed by atoms with Crippen LogP contribution < -0.4 is 0 Å². The van der Waals surface area contributed by atoms with Gasteiger partial charge in [-0.2, -0.15) is 0 Å². The second-order valence-corrected chi connectivity index (χ2v) is 8.12. The number of hydrogen-bond donors (Lipinski definition) is 0. The van der Waals surface area contributed by atoms with Crippen molar-refractivity contribution >= 4 is 5.97 Å². The van der Waals surface area contributed by atoms with Crippen molar-refractivity contribution in [2.45, 2.75) is 112 Å². The smallest absolute Gasteiger partial charge is 0.311 e. The van der Waals surface area contributed by atoms with E-state index in [4.69, 9.17) is 4.74 Å². The van der Waals surface area contributed by atoms with E-state index in [0.717, 1.165) is 0 Å². The largest absolute Gasteiger partial charge is 0.465 e. The highest BCUT2D eigenvalue weighted by molar-refractivity contribution is 5.75. The first-order valence-electron chi connectivity index (χ1n) is 10.1. The summed E-state index contributed by atoms with van der Waals surface area (Å²) in [5, 5.41) is 0. The number of carbonyl (C=O) groups is 1. The molecule has 0 bridgehead atoms. The van der Waals surface area contributed by atoms with Crippen molar-refractivity contribution in [2.24, 2.45) is 11.3 Å². The topological polar surface area (TPSA) is 26.3 Å².